The standard InChI is InChI=1S/C21H30N4O2.HI/c1-2-22-21(23-13-8-14-26-19-11-6-7-12-19)24-15-18-16-27-20(25-18)17-9-4-3-5-10-17;/h3-5,9-10,16,19H,2,6-8,11-15H2,1H3,(H2,22,23,24);1H. The van der Waals surface area contributed by atoms with E-state index in [1.807, 2.05) is 30.3 Å². The summed E-state index contributed by atoms with van der Waals surface area (Å²) in [5.74, 6) is 1.42. The first-order chi connectivity index (χ1) is 13.3. The van der Waals surface area contributed by atoms with Gasteiger partial charge in [-0.3, -0.25) is 0 Å². The Hall–Kier alpha value is -1.61. The summed E-state index contributed by atoms with van der Waals surface area (Å²) in [6.07, 6.45) is 8.20. The van der Waals surface area contributed by atoms with E-state index in [9.17, 15) is 0 Å². The largest absolute Gasteiger partial charge is 0.444 e. The first-order valence-electron chi connectivity index (χ1n) is 9.98. The summed E-state index contributed by atoms with van der Waals surface area (Å²) in [7, 11) is 0. The summed E-state index contributed by atoms with van der Waals surface area (Å²) in [5.41, 5.74) is 1.79. The Morgan fingerprint density at radius 3 is 2.75 bits per heavy atom. The summed E-state index contributed by atoms with van der Waals surface area (Å²) in [6.45, 7) is 5.00. The zero-order valence-electron chi connectivity index (χ0n) is 16.5. The number of hydrogen-bond donors (Lipinski definition) is 2. The van der Waals surface area contributed by atoms with Gasteiger partial charge in [-0.25, -0.2) is 9.98 Å². The number of oxazole rings is 1. The second-order valence-corrected chi connectivity index (χ2v) is 6.76. The summed E-state index contributed by atoms with van der Waals surface area (Å²) in [4.78, 5) is 9.11. The molecule has 1 saturated carbocycles. The molecule has 1 aliphatic rings. The van der Waals surface area contributed by atoms with Gasteiger partial charge < -0.3 is 19.8 Å². The minimum Gasteiger partial charge on any atom is -0.444 e. The Kier molecular flexibility index (Phi) is 10.3. The van der Waals surface area contributed by atoms with Gasteiger partial charge in [-0.2, -0.15) is 0 Å². The number of nitrogens with zero attached hydrogens (tertiary/aromatic N) is 2. The number of aromatic nitrogens is 1. The first kappa shape index (κ1) is 22.7. The summed E-state index contributed by atoms with van der Waals surface area (Å²) in [5, 5.41) is 6.62. The third kappa shape index (κ3) is 7.43. The summed E-state index contributed by atoms with van der Waals surface area (Å²) in [6, 6.07) is 9.89. The number of ether oxygens (including phenoxy) is 1. The lowest BCUT2D eigenvalue weighted by atomic mass is 10.2. The molecular weight excluding hydrogens is 467 g/mol. The maximum Gasteiger partial charge on any atom is 0.226 e. The Balaban J connectivity index is 0.00000280. The van der Waals surface area contributed by atoms with E-state index in [2.05, 4.69) is 27.5 Å². The lowest BCUT2D eigenvalue weighted by molar-refractivity contribution is 0.0574. The Morgan fingerprint density at radius 2 is 2.00 bits per heavy atom. The normalized spacial score (nSPS) is 14.7. The van der Waals surface area contributed by atoms with Crippen LogP contribution in [-0.2, 0) is 11.3 Å². The van der Waals surface area contributed by atoms with E-state index < -0.39 is 0 Å². The molecule has 28 heavy (non-hydrogen) atoms. The number of aliphatic imine (C=N–C) groups is 1. The molecule has 2 N–H and O–H groups in total. The number of benzene rings is 1. The fourth-order valence-corrected chi connectivity index (χ4v) is 3.18. The monoisotopic (exact) mass is 498 g/mol. The molecule has 2 aromatic rings. The van der Waals surface area contributed by atoms with Crippen LogP contribution in [0.15, 0.2) is 46.0 Å². The highest BCUT2D eigenvalue weighted by Gasteiger charge is 2.14. The third-order valence-corrected chi connectivity index (χ3v) is 4.59. The van der Waals surface area contributed by atoms with E-state index in [4.69, 9.17) is 9.15 Å². The second kappa shape index (κ2) is 12.8. The van der Waals surface area contributed by atoms with Crippen LogP contribution < -0.4 is 10.6 Å². The van der Waals surface area contributed by atoms with Crippen LogP contribution in [0.1, 0.15) is 44.7 Å². The molecule has 3 rings (SSSR count). The summed E-state index contributed by atoms with van der Waals surface area (Å²) >= 11 is 0. The van der Waals surface area contributed by atoms with Gasteiger partial charge in [0.2, 0.25) is 5.89 Å². The molecule has 1 aromatic heterocycles. The minimum absolute atomic E-state index is 0. The molecule has 0 unspecified atom stereocenters. The van der Waals surface area contributed by atoms with Gasteiger partial charge in [0.25, 0.3) is 0 Å². The minimum atomic E-state index is 0. The fourth-order valence-electron chi connectivity index (χ4n) is 3.18. The van der Waals surface area contributed by atoms with E-state index >= 15 is 0 Å². The molecule has 0 aliphatic heterocycles. The molecule has 7 heteroatoms. The third-order valence-electron chi connectivity index (χ3n) is 4.59. The Morgan fingerprint density at radius 1 is 1.21 bits per heavy atom. The van der Waals surface area contributed by atoms with Crippen LogP contribution in [0.5, 0.6) is 0 Å². The molecule has 0 spiro atoms. The smallest absolute Gasteiger partial charge is 0.226 e. The maximum atomic E-state index is 5.90. The maximum absolute atomic E-state index is 5.90. The van der Waals surface area contributed by atoms with Crippen LogP contribution in [0.3, 0.4) is 0 Å². The predicted molar refractivity (Wildman–Crippen MR) is 123 cm³/mol. The van der Waals surface area contributed by atoms with Gasteiger partial charge in [0.15, 0.2) is 5.96 Å². The van der Waals surface area contributed by atoms with Crippen molar-refractivity contribution >= 4 is 29.9 Å². The van der Waals surface area contributed by atoms with Crippen LogP contribution in [0.2, 0.25) is 0 Å². The van der Waals surface area contributed by atoms with Gasteiger partial charge in [0, 0.05) is 25.3 Å². The Labute approximate surface area is 184 Å². The zero-order valence-corrected chi connectivity index (χ0v) is 18.9. The van der Waals surface area contributed by atoms with Gasteiger partial charge in [0.1, 0.15) is 12.0 Å². The average Bonchev–Trinajstić information content (AvgIpc) is 3.38. The van der Waals surface area contributed by atoms with Crippen molar-refractivity contribution in [2.75, 3.05) is 19.7 Å². The molecule has 1 heterocycles. The van der Waals surface area contributed by atoms with Crippen LogP contribution in [0, 0.1) is 0 Å². The highest BCUT2D eigenvalue weighted by atomic mass is 127. The van der Waals surface area contributed by atoms with Crippen molar-refractivity contribution in [3.63, 3.8) is 0 Å². The van der Waals surface area contributed by atoms with E-state index in [1.54, 1.807) is 6.26 Å². The molecule has 0 bridgehead atoms. The zero-order chi connectivity index (χ0) is 18.7. The first-order valence-corrected chi connectivity index (χ1v) is 9.98. The van der Waals surface area contributed by atoms with E-state index in [0.29, 0.717) is 18.5 Å². The number of rotatable bonds is 9. The summed E-state index contributed by atoms with van der Waals surface area (Å²) < 4.78 is 11.5. The van der Waals surface area contributed by atoms with Crippen molar-refractivity contribution < 1.29 is 9.15 Å². The number of hydrogen-bond acceptors (Lipinski definition) is 4. The molecule has 0 radical (unpaired) electrons. The van der Waals surface area contributed by atoms with Gasteiger partial charge in [-0.1, -0.05) is 31.0 Å². The van der Waals surface area contributed by atoms with Gasteiger partial charge in [-0.05, 0) is 38.3 Å². The van der Waals surface area contributed by atoms with E-state index in [0.717, 1.165) is 43.3 Å². The fraction of sp³-hybridized carbons (Fsp3) is 0.524. The molecule has 6 nitrogen and oxygen atoms in total. The van der Waals surface area contributed by atoms with Crippen molar-refractivity contribution in [3.05, 3.63) is 42.3 Å². The van der Waals surface area contributed by atoms with Gasteiger partial charge in [-0.15, -0.1) is 24.0 Å². The highest BCUT2D eigenvalue weighted by molar-refractivity contribution is 14.0. The van der Waals surface area contributed by atoms with Crippen molar-refractivity contribution in [2.24, 2.45) is 4.99 Å². The lowest BCUT2D eigenvalue weighted by Gasteiger charge is -2.13. The van der Waals surface area contributed by atoms with Crippen molar-refractivity contribution in [1.29, 1.82) is 0 Å². The SMILES string of the molecule is CCNC(=NCc1coc(-c2ccccc2)n1)NCCCOC1CCCC1.I. The average molecular weight is 498 g/mol. The quantitative estimate of drug-likeness (QED) is 0.233. The van der Waals surface area contributed by atoms with Gasteiger partial charge in [0.05, 0.1) is 12.6 Å². The van der Waals surface area contributed by atoms with Gasteiger partial charge >= 0.3 is 0 Å². The molecule has 0 amide bonds. The van der Waals surface area contributed by atoms with Crippen LogP contribution in [0.4, 0.5) is 0 Å². The number of nitrogens with one attached hydrogen (secondary N) is 2. The molecule has 0 saturated heterocycles. The molecular formula is C21H31IN4O2. The van der Waals surface area contributed by atoms with Crippen molar-refractivity contribution in [1.82, 2.24) is 15.6 Å². The van der Waals surface area contributed by atoms with E-state index in [1.165, 1.54) is 25.7 Å². The van der Waals surface area contributed by atoms with Crippen LogP contribution in [-0.4, -0.2) is 36.7 Å². The highest BCUT2D eigenvalue weighted by Crippen LogP contribution is 2.21. The molecule has 154 valence electrons. The predicted octanol–water partition coefficient (Wildman–Crippen LogP) is 4.36. The number of halogens is 1. The van der Waals surface area contributed by atoms with Crippen molar-refractivity contribution in [2.45, 2.75) is 51.7 Å². The van der Waals surface area contributed by atoms with E-state index in [-0.39, 0.29) is 24.0 Å². The Bertz CT molecular complexity index is 699. The number of guanidine groups is 1. The molecule has 1 fully saturated rings. The van der Waals surface area contributed by atoms with Crippen LogP contribution in [0.25, 0.3) is 11.5 Å². The topological polar surface area (TPSA) is 71.7 Å². The molecule has 0 atom stereocenters. The molecule has 1 aromatic carbocycles. The van der Waals surface area contributed by atoms with Crippen molar-refractivity contribution in [3.8, 4) is 11.5 Å². The molecule has 1 aliphatic carbocycles. The second-order valence-electron chi connectivity index (χ2n) is 6.76. The van der Waals surface area contributed by atoms with Crippen LogP contribution >= 0.6 is 24.0 Å². The lowest BCUT2D eigenvalue weighted by Crippen LogP contribution is -2.38.